The third-order valence-electron chi connectivity index (χ3n) is 11.2. The van der Waals surface area contributed by atoms with Crippen molar-refractivity contribution < 1.29 is 4.42 Å². The molecular formula is C51H31N5O. The van der Waals surface area contributed by atoms with Gasteiger partial charge in [0.2, 0.25) is 5.95 Å². The maximum Gasteiger partial charge on any atom is 0.238 e. The summed E-state index contributed by atoms with van der Waals surface area (Å²) < 4.78 is 11.0. The van der Waals surface area contributed by atoms with Crippen LogP contribution < -0.4 is 0 Å². The van der Waals surface area contributed by atoms with Gasteiger partial charge in [0.05, 0.1) is 22.1 Å². The van der Waals surface area contributed by atoms with E-state index in [0.717, 1.165) is 82.7 Å². The maximum absolute atomic E-state index is 6.45. The van der Waals surface area contributed by atoms with Crippen molar-refractivity contribution in [1.82, 2.24) is 24.1 Å². The fourth-order valence-corrected chi connectivity index (χ4v) is 8.56. The third-order valence-corrected chi connectivity index (χ3v) is 11.2. The molecule has 0 fully saturated rings. The highest BCUT2D eigenvalue weighted by Crippen LogP contribution is 2.40. The lowest BCUT2D eigenvalue weighted by Crippen LogP contribution is -2.06. The molecule has 12 aromatic rings. The number of hydrogen-bond donors (Lipinski definition) is 0. The number of hydrogen-bond acceptors (Lipinski definition) is 4. The van der Waals surface area contributed by atoms with Gasteiger partial charge in [0.1, 0.15) is 11.2 Å². The van der Waals surface area contributed by atoms with Crippen LogP contribution in [0.3, 0.4) is 0 Å². The van der Waals surface area contributed by atoms with Crippen molar-refractivity contribution in [2.45, 2.75) is 0 Å². The van der Waals surface area contributed by atoms with Crippen LogP contribution in [0, 0.1) is 0 Å². The van der Waals surface area contributed by atoms with Crippen molar-refractivity contribution in [3.63, 3.8) is 0 Å². The van der Waals surface area contributed by atoms with Crippen molar-refractivity contribution in [2.24, 2.45) is 0 Å². The van der Waals surface area contributed by atoms with E-state index in [0.29, 0.717) is 17.6 Å². The molecule has 6 nitrogen and oxygen atoms in total. The van der Waals surface area contributed by atoms with E-state index in [1.54, 1.807) is 0 Å². The number of furan rings is 1. The van der Waals surface area contributed by atoms with Crippen LogP contribution in [-0.4, -0.2) is 24.1 Å². The summed E-state index contributed by atoms with van der Waals surface area (Å²) in [6, 6.07) is 65.6. The van der Waals surface area contributed by atoms with E-state index in [1.165, 1.54) is 10.8 Å². The summed E-state index contributed by atoms with van der Waals surface area (Å²) in [5.74, 6) is 1.74. The highest BCUT2D eigenvalue weighted by molar-refractivity contribution is 6.17. The van der Waals surface area contributed by atoms with Gasteiger partial charge in [-0.05, 0) is 59.7 Å². The lowest BCUT2D eigenvalue weighted by atomic mass is 10.0. The van der Waals surface area contributed by atoms with Crippen LogP contribution in [0.4, 0.5) is 0 Å². The third kappa shape index (κ3) is 4.94. The first-order valence-corrected chi connectivity index (χ1v) is 19.1. The summed E-state index contributed by atoms with van der Waals surface area (Å²) in [6.07, 6.45) is 0. The Hall–Kier alpha value is -7.83. The van der Waals surface area contributed by atoms with Gasteiger partial charge >= 0.3 is 0 Å². The fraction of sp³-hybridized carbons (Fsp3) is 0. The smallest absolute Gasteiger partial charge is 0.238 e. The van der Waals surface area contributed by atoms with Gasteiger partial charge in [0.15, 0.2) is 11.6 Å². The maximum atomic E-state index is 6.45. The van der Waals surface area contributed by atoms with E-state index in [1.807, 2.05) is 36.4 Å². The molecule has 4 heterocycles. The number of rotatable bonds is 5. The zero-order chi connectivity index (χ0) is 37.5. The molecular weight excluding hydrogens is 699 g/mol. The predicted octanol–water partition coefficient (Wildman–Crippen LogP) is 13.0. The minimum Gasteiger partial charge on any atom is -0.456 e. The minimum atomic E-state index is 0.537. The zero-order valence-electron chi connectivity index (χ0n) is 30.5. The van der Waals surface area contributed by atoms with E-state index in [-0.39, 0.29) is 0 Å². The summed E-state index contributed by atoms with van der Waals surface area (Å²) in [5.41, 5.74) is 11.1. The monoisotopic (exact) mass is 729 g/mol. The van der Waals surface area contributed by atoms with Gasteiger partial charge in [-0.25, -0.2) is 4.98 Å². The summed E-state index contributed by atoms with van der Waals surface area (Å²) in [6.45, 7) is 0. The van der Waals surface area contributed by atoms with Crippen molar-refractivity contribution in [1.29, 1.82) is 0 Å². The first-order valence-electron chi connectivity index (χ1n) is 19.1. The standard InChI is InChI=1S/C51H31N5O/c1-3-14-32(15-4-1)34-18-13-19-35(28-34)50-52-49(33-16-5-2-6-17-33)53-51(54-50)56-45-29-36(55-43-23-10-7-20-37(43)38-21-8-11-24-44(38)55)26-27-39(45)41-31-48-42(30-46(41)56)40-22-9-12-25-47(40)57-48/h1-31H. The second kappa shape index (κ2) is 12.3. The highest BCUT2D eigenvalue weighted by atomic mass is 16.3. The Morgan fingerprint density at radius 1 is 0.316 bits per heavy atom. The Balaban J connectivity index is 1.18. The summed E-state index contributed by atoms with van der Waals surface area (Å²) in [4.78, 5) is 15.8. The molecule has 0 radical (unpaired) electrons. The van der Waals surface area contributed by atoms with E-state index in [2.05, 4.69) is 161 Å². The lowest BCUT2D eigenvalue weighted by molar-refractivity contribution is 0.669. The Kier molecular flexibility index (Phi) is 6.83. The zero-order valence-corrected chi connectivity index (χ0v) is 30.5. The molecule has 4 aromatic heterocycles. The molecule has 0 saturated heterocycles. The molecule has 12 rings (SSSR count). The largest absolute Gasteiger partial charge is 0.456 e. The number of para-hydroxylation sites is 3. The topological polar surface area (TPSA) is 61.7 Å². The molecule has 0 aliphatic carbocycles. The van der Waals surface area contributed by atoms with Crippen molar-refractivity contribution in [3.05, 3.63) is 188 Å². The molecule has 266 valence electrons. The summed E-state index contributed by atoms with van der Waals surface area (Å²) >= 11 is 0. The van der Waals surface area contributed by atoms with Gasteiger partial charge in [0, 0.05) is 49.1 Å². The van der Waals surface area contributed by atoms with Crippen molar-refractivity contribution in [2.75, 3.05) is 0 Å². The van der Waals surface area contributed by atoms with Gasteiger partial charge in [-0.3, -0.25) is 4.57 Å². The minimum absolute atomic E-state index is 0.537. The Morgan fingerprint density at radius 2 is 0.895 bits per heavy atom. The Bertz CT molecular complexity index is 3470. The molecule has 0 unspecified atom stereocenters. The van der Waals surface area contributed by atoms with E-state index in [4.69, 9.17) is 19.4 Å². The summed E-state index contributed by atoms with van der Waals surface area (Å²) in [7, 11) is 0. The average Bonchev–Trinajstić information content (AvgIpc) is 3.93. The molecule has 8 aromatic carbocycles. The summed E-state index contributed by atoms with van der Waals surface area (Å²) in [5, 5.41) is 6.67. The Morgan fingerprint density at radius 3 is 1.65 bits per heavy atom. The fourth-order valence-electron chi connectivity index (χ4n) is 8.56. The van der Waals surface area contributed by atoms with E-state index in [9.17, 15) is 0 Å². The molecule has 0 saturated carbocycles. The van der Waals surface area contributed by atoms with Crippen LogP contribution in [0.2, 0.25) is 0 Å². The molecule has 6 heteroatoms. The molecule has 0 atom stereocenters. The van der Waals surface area contributed by atoms with Crippen LogP contribution in [0.1, 0.15) is 0 Å². The Labute approximate surface area is 326 Å². The quantitative estimate of drug-likeness (QED) is 0.177. The van der Waals surface area contributed by atoms with Crippen LogP contribution >= 0.6 is 0 Å². The average molecular weight is 730 g/mol. The molecule has 0 aliphatic heterocycles. The van der Waals surface area contributed by atoms with Gasteiger partial charge in [-0.15, -0.1) is 0 Å². The molecule has 57 heavy (non-hydrogen) atoms. The second-order valence-corrected chi connectivity index (χ2v) is 14.5. The highest BCUT2D eigenvalue weighted by Gasteiger charge is 2.22. The first-order chi connectivity index (χ1) is 28.2. The van der Waals surface area contributed by atoms with Gasteiger partial charge < -0.3 is 8.98 Å². The van der Waals surface area contributed by atoms with Crippen LogP contribution in [0.15, 0.2) is 192 Å². The van der Waals surface area contributed by atoms with Crippen LogP contribution in [0.25, 0.3) is 111 Å². The van der Waals surface area contributed by atoms with Gasteiger partial charge in [-0.1, -0.05) is 140 Å². The predicted molar refractivity (Wildman–Crippen MR) is 232 cm³/mol. The lowest BCUT2D eigenvalue weighted by Gasteiger charge is -2.13. The van der Waals surface area contributed by atoms with Crippen molar-refractivity contribution in [3.8, 4) is 45.5 Å². The van der Waals surface area contributed by atoms with Gasteiger partial charge in [0.25, 0.3) is 0 Å². The van der Waals surface area contributed by atoms with Gasteiger partial charge in [-0.2, -0.15) is 9.97 Å². The first kappa shape index (κ1) is 31.5. The van der Waals surface area contributed by atoms with E-state index < -0.39 is 0 Å². The van der Waals surface area contributed by atoms with Crippen LogP contribution in [-0.2, 0) is 0 Å². The molecule has 0 bridgehead atoms. The number of benzene rings is 8. The second-order valence-electron chi connectivity index (χ2n) is 14.5. The SMILES string of the molecule is c1ccc(-c2cccc(-c3nc(-c4ccccc4)nc(-n4c5cc(-n6c7ccccc7c7ccccc76)ccc5c5cc6oc7ccccc7c6cc54)n3)c2)cc1. The van der Waals surface area contributed by atoms with Crippen molar-refractivity contribution >= 4 is 65.6 Å². The number of aromatic nitrogens is 5. The molecule has 0 amide bonds. The number of fused-ring (bicyclic) bond motifs is 9. The molecule has 0 N–H and O–H groups in total. The normalized spacial score (nSPS) is 11.9. The molecule has 0 aliphatic rings. The van der Waals surface area contributed by atoms with E-state index >= 15 is 0 Å². The van der Waals surface area contributed by atoms with Crippen LogP contribution in [0.5, 0.6) is 0 Å². The number of nitrogens with zero attached hydrogens (tertiary/aromatic N) is 5. The molecule has 0 spiro atoms.